The second-order valence-electron chi connectivity index (χ2n) is 44.5. The molecule has 2 fully saturated rings. The van der Waals surface area contributed by atoms with Gasteiger partial charge < -0.3 is 74.7 Å². The average Bonchev–Trinajstić information content (AvgIpc) is 1.18. The topological polar surface area (TPSA) is 279 Å². The fraction of sp³-hybridized carbons (Fsp3) is 0.607. The number of hydrogen-bond acceptors (Lipinski definition) is 23. The van der Waals surface area contributed by atoms with Crippen molar-refractivity contribution in [2.75, 3.05) is 89.7 Å². The Labute approximate surface area is 856 Å². The molecule has 0 unspecified atom stereocenters. The molecule has 0 amide bonds. The molecule has 0 saturated carbocycles. The molecule has 7 N–H and O–H groups in total. The molecular weight excluding hydrogens is 1790 g/mol. The summed E-state index contributed by atoms with van der Waals surface area (Å²) in [7, 11) is 13.1. The minimum Gasteiger partial charge on any atom is -0.496 e. The first kappa shape index (κ1) is 126. The fourth-order valence-electron chi connectivity index (χ4n) is 16.3. The molecule has 23 nitrogen and oxygen atoms in total. The second kappa shape index (κ2) is 58.9. The van der Waals surface area contributed by atoms with E-state index in [1.54, 1.807) is 77.6 Å². The maximum atomic E-state index is 12.0. The summed E-state index contributed by atoms with van der Waals surface area (Å²) in [5, 5.41) is 35.2. The number of aryl methyl sites for hydroxylation is 1. The summed E-state index contributed by atoms with van der Waals surface area (Å²) in [4.78, 5) is 66.6. The SMILES string of the molecule is CC(=O)[C@@H](C)NCc1ccc(C(C)(C)C)c(C)c1.CCCNCc1ccc(C(C)(C)C)nc1.CC[C@@H]1CCCN1Cc1ccc(C(C)(C)C)c(Cl)c1.COc1cc(C(C)(C)C)cc(OC)c1CN1CCCC[C@H]1C(C)=O.COc1cc(C(C)(C)C)cc(OC)c1CN[C@@H](C)C(C)=O.COc1cc(C(C)(C)C)cc(OC)c1CN[C@@H](CO)C(C)=O.COc1cc(C(C)(C)C)cc(OC)c1CN[C@H](CO)C(C)=O. The Morgan fingerprint density at radius 3 is 1.08 bits per heavy atom. The third-order valence-electron chi connectivity index (χ3n) is 25.8. The smallest absolute Gasteiger partial charge is 0.149 e. The van der Waals surface area contributed by atoms with Gasteiger partial charge in [0.15, 0.2) is 0 Å². The van der Waals surface area contributed by atoms with Crippen LogP contribution in [0.2, 0.25) is 5.02 Å². The summed E-state index contributed by atoms with van der Waals surface area (Å²) in [5.41, 5.74) is 17.5. The van der Waals surface area contributed by atoms with E-state index in [0.717, 1.165) is 131 Å². The molecule has 0 radical (unpaired) electrons. The molecule has 0 spiro atoms. The van der Waals surface area contributed by atoms with E-state index < -0.39 is 12.1 Å². The maximum absolute atomic E-state index is 12.0. The normalized spacial score (nSPS) is 15.0. The average molecular weight is 1980 g/mol. The number of carbonyl (C=O) groups excluding carboxylic acids is 5. The van der Waals surface area contributed by atoms with Crippen LogP contribution in [-0.2, 0) is 108 Å². The van der Waals surface area contributed by atoms with Gasteiger partial charge in [-0.1, -0.05) is 214 Å². The number of halogens is 1. The number of aromatic nitrogens is 1. The molecule has 9 rings (SSSR count). The van der Waals surface area contributed by atoms with Crippen molar-refractivity contribution < 1.29 is 72.1 Å². The Morgan fingerprint density at radius 2 is 0.766 bits per heavy atom. The van der Waals surface area contributed by atoms with Crippen LogP contribution >= 0.6 is 11.6 Å². The number of Topliss-reactive ketones (excluding diaryl/α,β-unsaturated/α-hetero) is 5. The van der Waals surface area contributed by atoms with Gasteiger partial charge in [0.1, 0.15) is 74.9 Å². The summed E-state index contributed by atoms with van der Waals surface area (Å²) in [5.74, 6) is 6.39. The number of aliphatic hydroxyl groups is 2. The van der Waals surface area contributed by atoms with Crippen molar-refractivity contribution in [1.29, 1.82) is 0 Å². The third-order valence-corrected chi connectivity index (χ3v) is 26.1. The number of pyridine rings is 1. The molecular formula is C117H185ClN8O15. The highest BCUT2D eigenvalue weighted by atomic mass is 35.5. The minimum absolute atomic E-state index is 0.00968. The lowest BCUT2D eigenvalue weighted by Gasteiger charge is -2.35. The minimum atomic E-state index is -0.586. The molecule has 6 aromatic carbocycles. The molecule has 790 valence electrons. The highest BCUT2D eigenvalue weighted by molar-refractivity contribution is 6.31. The van der Waals surface area contributed by atoms with Crippen molar-refractivity contribution in [2.24, 2.45) is 0 Å². The first-order chi connectivity index (χ1) is 65.6. The van der Waals surface area contributed by atoms with E-state index in [4.69, 9.17) is 49.5 Å². The monoisotopic (exact) mass is 1980 g/mol. The van der Waals surface area contributed by atoms with Gasteiger partial charge in [-0.15, -0.1) is 0 Å². The van der Waals surface area contributed by atoms with Crippen molar-refractivity contribution in [2.45, 2.75) is 380 Å². The number of piperidine rings is 1. The van der Waals surface area contributed by atoms with Gasteiger partial charge in [0.25, 0.3) is 0 Å². The van der Waals surface area contributed by atoms with Crippen LogP contribution in [0.4, 0.5) is 0 Å². The van der Waals surface area contributed by atoms with Gasteiger partial charge in [0, 0.05) is 90.9 Å². The standard InChI is InChI=1S/C20H31NO3.C17H26ClN.2C17H27NO4.C17H27NO3.C16H25NO.C13H22N2/c1-14(22)17-9-7-8-10-21(17)13-16-18(23-5)11-15(20(2,3)4)12-19(16)24-6;1-5-14-7-6-10-19(14)12-13-8-9-15(16(18)11-13)17(2,3)4;2*1-11(20)14(10-19)18-9-13-15(21-5)7-12(17(2,3)4)8-16(13)22-6;1-11(12(2)19)18-10-14-15(20-6)8-13(17(3,4)5)9-16(14)21-7;1-11-9-14(10-17-12(2)13(3)18)7-8-15(11)16(4,5)6;1-5-8-14-9-11-6-7-12(15-10-11)13(2,3)4/h11-12,17H,7-10,13H2,1-6H3;8-9,11,14H,5-7,10,12H2,1-4H3;2*7-8,14,18-19H,9-10H2,1-6H3;8-9,11,18H,10H2,1-7H3;7-9,12,17H,10H2,1-6H3;6-7,10,14H,5,8-9H2,1-4H3/t17-;3*14-;11-;12-;/m011001./s1. The lowest BCUT2D eigenvalue weighted by Crippen LogP contribution is -2.43. The lowest BCUT2D eigenvalue weighted by atomic mass is 9.83. The van der Waals surface area contributed by atoms with Crippen LogP contribution < -0.4 is 64.5 Å². The van der Waals surface area contributed by atoms with E-state index in [-0.39, 0.29) is 98.2 Å². The summed E-state index contributed by atoms with van der Waals surface area (Å²) >= 11 is 6.45. The first-order valence-electron chi connectivity index (χ1n) is 50.4. The molecule has 3 heterocycles. The Balaban J connectivity index is 0.000000425. The number of carbonyl (C=O) groups is 5. The van der Waals surface area contributed by atoms with E-state index in [1.807, 2.05) is 56.4 Å². The third kappa shape index (κ3) is 41.7. The number of nitrogens with zero attached hydrogens (tertiary/aromatic N) is 3. The zero-order chi connectivity index (χ0) is 107. The quantitative estimate of drug-likeness (QED) is 0.0180. The maximum Gasteiger partial charge on any atom is 0.149 e. The van der Waals surface area contributed by atoms with E-state index in [1.165, 1.54) is 85.0 Å². The van der Waals surface area contributed by atoms with Crippen molar-refractivity contribution in [1.82, 2.24) is 41.4 Å². The Bertz CT molecular complexity index is 4830. The van der Waals surface area contributed by atoms with Crippen LogP contribution in [0, 0.1) is 6.92 Å². The van der Waals surface area contributed by atoms with Crippen LogP contribution in [0.1, 0.15) is 336 Å². The van der Waals surface area contributed by atoms with Gasteiger partial charge in [-0.2, -0.15) is 0 Å². The lowest BCUT2D eigenvalue weighted by molar-refractivity contribution is -0.123. The van der Waals surface area contributed by atoms with E-state index in [2.05, 4.69) is 268 Å². The predicted octanol–water partition coefficient (Wildman–Crippen LogP) is 22.3. The number of aliphatic hydroxyl groups excluding tert-OH is 2. The molecule has 1 aromatic heterocycles. The zero-order valence-electron chi connectivity index (χ0n) is 94.1. The molecule has 0 bridgehead atoms. The van der Waals surface area contributed by atoms with Crippen LogP contribution in [-0.4, -0.2) is 180 Å². The molecule has 2 aliphatic rings. The summed E-state index contributed by atoms with van der Waals surface area (Å²) in [6, 6.07) is 33.0. The van der Waals surface area contributed by atoms with Crippen LogP contribution in [0.5, 0.6) is 46.0 Å². The Kier molecular flexibility index (Phi) is 52.8. The van der Waals surface area contributed by atoms with Crippen molar-refractivity contribution in [3.05, 3.63) is 192 Å². The number of likely N-dealkylation sites (tertiary alicyclic amines) is 2. The predicted molar refractivity (Wildman–Crippen MR) is 581 cm³/mol. The van der Waals surface area contributed by atoms with Gasteiger partial charge in [0.05, 0.1) is 106 Å². The first-order valence-corrected chi connectivity index (χ1v) is 50.7. The zero-order valence-corrected chi connectivity index (χ0v) is 94.9. The highest BCUT2D eigenvalue weighted by Gasteiger charge is 2.32. The number of ketones is 5. The van der Waals surface area contributed by atoms with Gasteiger partial charge in [-0.05, 0) is 262 Å². The number of ether oxygens (including phenoxy) is 8. The van der Waals surface area contributed by atoms with Gasteiger partial charge in [-0.3, -0.25) is 38.8 Å². The molecule has 141 heavy (non-hydrogen) atoms. The van der Waals surface area contributed by atoms with E-state index in [9.17, 15) is 34.2 Å². The molecule has 2 saturated heterocycles. The van der Waals surface area contributed by atoms with Crippen LogP contribution in [0.15, 0.2) is 103 Å². The van der Waals surface area contributed by atoms with Gasteiger partial charge in [-0.25, -0.2) is 0 Å². The van der Waals surface area contributed by atoms with Gasteiger partial charge >= 0.3 is 0 Å². The van der Waals surface area contributed by atoms with Crippen LogP contribution in [0.3, 0.4) is 0 Å². The summed E-state index contributed by atoms with van der Waals surface area (Å²) in [6.45, 7) is 71.2. The van der Waals surface area contributed by atoms with Gasteiger partial charge in [0.2, 0.25) is 0 Å². The Hall–Kier alpha value is -8.85. The molecule has 7 aromatic rings. The molecule has 2 aliphatic heterocycles. The number of rotatable bonds is 36. The number of nitrogens with one attached hydrogen (secondary N) is 5. The fourth-order valence-corrected chi connectivity index (χ4v) is 16.7. The number of benzene rings is 6. The van der Waals surface area contributed by atoms with Crippen molar-refractivity contribution in [3.8, 4) is 46.0 Å². The molecule has 24 heteroatoms. The molecule has 6 atom stereocenters. The van der Waals surface area contributed by atoms with E-state index in [0.29, 0.717) is 49.2 Å². The summed E-state index contributed by atoms with van der Waals surface area (Å²) in [6.07, 6.45) is 10.3. The largest absolute Gasteiger partial charge is 0.496 e. The van der Waals surface area contributed by atoms with Crippen molar-refractivity contribution >= 4 is 40.5 Å². The van der Waals surface area contributed by atoms with Crippen molar-refractivity contribution in [3.63, 3.8) is 0 Å². The van der Waals surface area contributed by atoms with Crippen LogP contribution in [0.25, 0.3) is 0 Å². The molecule has 0 aliphatic carbocycles. The number of hydrogen-bond donors (Lipinski definition) is 7. The Morgan fingerprint density at radius 1 is 0.404 bits per heavy atom. The van der Waals surface area contributed by atoms with E-state index >= 15 is 0 Å². The number of methoxy groups -OCH3 is 8. The second-order valence-corrected chi connectivity index (χ2v) is 44.9. The highest BCUT2D eigenvalue weighted by Crippen LogP contribution is 2.42. The summed E-state index contributed by atoms with van der Waals surface area (Å²) < 4.78 is 44.3.